The van der Waals surface area contributed by atoms with Crippen molar-refractivity contribution in [3.05, 3.63) is 121 Å². The molecular formula is C30H13Cl2N3O6. The second-order valence-electron chi connectivity index (χ2n) is 9.20. The highest BCUT2D eigenvalue weighted by Gasteiger charge is 2.37. The first-order chi connectivity index (χ1) is 19.8. The van der Waals surface area contributed by atoms with Crippen molar-refractivity contribution in [2.75, 3.05) is 4.90 Å². The lowest BCUT2D eigenvalue weighted by Gasteiger charge is -2.16. The summed E-state index contributed by atoms with van der Waals surface area (Å²) in [5.41, 5.74) is 0.239. The number of imide groups is 1. The molecule has 2 aromatic heterocycles. The molecule has 6 aromatic rings. The molecule has 0 radical (unpaired) electrons. The minimum atomic E-state index is -0.667. The monoisotopic (exact) mass is 581 g/mol. The van der Waals surface area contributed by atoms with Crippen LogP contribution in [0.3, 0.4) is 0 Å². The van der Waals surface area contributed by atoms with Crippen LogP contribution in [-0.4, -0.2) is 21.8 Å². The minimum absolute atomic E-state index is 0.115. The number of aromatic nitrogens is 2. The fourth-order valence-electron chi connectivity index (χ4n) is 4.75. The number of carbonyl (C=O) groups is 2. The van der Waals surface area contributed by atoms with Gasteiger partial charge in [-0.05, 0) is 66.7 Å². The van der Waals surface area contributed by atoms with E-state index in [-0.39, 0.29) is 61.5 Å². The van der Waals surface area contributed by atoms with Crippen LogP contribution in [0.1, 0.15) is 20.7 Å². The van der Waals surface area contributed by atoms with Gasteiger partial charge in [-0.25, -0.2) is 24.5 Å². The van der Waals surface area contributed by atoms with Gasteiger partial charge in [0.2, 0.25) is 11.8 Å². The summed E-state index contributed by atoms with van der Waals surface area (Å²) in [4.78, 5) is 62.2. The molecule has 2 amide bonds. The first kappa shape index (κ1) is 24.9. The Hall–Kier alpha value is -5.12. The van der Waals surface area contributed by atoms with E-state index in [2.05, 4.69) is 9.97 Å². The van der Waals surface area contributed by atoms with Crippen LogP contribution in [0.5, 0.6) is 0 Å². The Balaban J connectivity index is 1.48. The standard InChI is InChI=1S/C30H13Cl2N3O6/c31-16-5-7-21-23(12-16)33-25(40-29(21)38)14-9-15(26-34-24-13-17(32)6-8-22(24)30(39)41-26)11-18(10-14)35-27(36)19-3-1-2-4-20(19)28(35)37/h1-13H. The second kappa shape index (κ2) is 9.22. The van der Waals surface area contributed by atoms with Crippen molar-refractivity contribution in [3.8, 4) is 22.9 Å². The van der Waals surface area contributed by atoms with Gasteiger partial charge < -0.3 is 8.83 Å². The third-order valence-corrected chi connectivity index (χ3v) is 7.12. The van der Waals surface area contributed by atoms with Crippen molar-refractivity contribution in [1.82, 2.24) is 9.97 Å². The molecule has 0 spiro atoms. The number of hydrogen-bond donors (Lipinski definition) is 0. The number of hydrogen-bond acceptors (Lipinski definition) is 8. The first-order valence-corrected chi connectivity index (χ1v) is 12.9. The highest BCUT2D eigenvalue weighted by molar-refractivity contribution is 6.34. The lowest BCUT2D eigenvalue weighted by atomic mass is 10.1. The molecule has 9 nitrogen and oxygen atoms in total. The molecule has 0 unspecified atom stereocenters. The van der Waals surface area contributed by atoms with E-state index in [1.54, 1.807) is 36.4 Å². The van der Waals surface area contributed by atoms with Gasteiger partial charge in [-0.15, -0.1) is 0 Å². The van der Waals surface area contributed by atoms with Gasteiger partial charge in [-0.1, -0.05) is 35.3 Å². The highest BCUT2D eigenvalue weighted by Crippen LogP contribution is 2.35. The largest absolute Gasteiger partial charge is 0.403 e. The van der Waals surface area contributed by atoms with Crippen molar-refractivity contribution >= 4 is 62.5 Å². The van der Waals surface area contributed by atoms with Crippen molar-refractivity contribution in [3.63, 3.8) is 0 Å². The molecule has 0 saturated carbocycles. The van der Waals surface area contributed by atoms with E-state index in [0.29, 0.717) is 10.0 Å². The SMILES string of the molecule is O=C1c2ccccc2C(=O)N1c1cc(-c2nc3cc(Cl)ccc3c(=O)o2)cc(-c2nc3cc(Cl)ccc3c(=O)o2)c1. The first-order valence-electron chi connectivity index (χ1n) is 12.1. The molecule has 3 heterocycles. The molecular weight excluding hydrogens is 569 g/mol. The van der Waals surface area contributed by atoms with Gasteiger partial charge in [0, 0.05) is 21.2 Å². The molecule has 7 rings (SSSR count). The molecule has 1 aliphatic rings. The predicted molar refractivity (Wildman–Crippen MR) is 153 cm³/mol. The number of anilines is 1. The van der Waals surface area contributed by atoms with Crippen LogP contribution in [0.4, 0.5) is 5.69 Å². The Morgan fingerprint density at radius 2 is 1.05 bits per heavy atom. The molecule has 0 atom stereocenters. The summed E-state index contributed by atoms with van der Waals surface area (Å²) in [6.07, 6.45) is 0. The van der Waals surface area contributed by atoms with E-state index in [1.165, 1.54) is 42.5 Å². The molecule has 0 bridgehead atoms. The minimum Gasteiger partial charge on any atom is -0.403 e. The lowest BCUT2D eigenvalue weighted by molar-refractivity contribution is 0.0926. The fraction of sp³-hybridized carbons (Fsp3) is 0. The van der Waals surface area contributed by atoms with Crippen LogP contribution >= 0.6 is 23.2 Å². The van der Waals surface area contributed by atoms with Crippen LogP contribution in [0, 0.1) is 0 Å². The van der Waals surface area contributed by atoms with Crippen molar-refractivity contribution in [1.29, 1.82) is 0 Å². The van der Waals surface area contributed by atoms with Gasteiger partial charge in [-0.3, -0.25) is 9.59 Å². The highest BCUT2D eigenvalue weighted by atomic mass is 35.5. The van der Waals surface area contributed by atoms with Gasteiger partial charge >= 0.3 is 11.3 Å². The summed E-state index contributed by atoms with van der Waals surface area (Å²) in [6, 6.07) is 20.0. The molecule has 4 aromatic carbocycles. The van der Waals surface area contributed by atoms with Crippen molar-refractivity contribution in [2.45, 2.75) is 0 Å². The molecule has 11 heteroatoms. The third-order valence-electron chi connectivity index (χ3n) is 6.65. The molecule has 0 saturated heterocycles. The lowest BCUT2D eigenvalue weighted by Crippen LogP contribution is -2.29. The van der Waals surface area contributed by atoms with Gasteiger partial charge in [0.05, 0.1) is 38.6 Å². The number of nitrogens with zero attached hydrogens (tertiary/aromatic N) is 3. The summed E-state index contributed by atoms with van der Waals surface area (Å²) < 4.78 is 11.0. The number of carbonyl (C=O) groups excluding carboxylic acids is 2. The topological polar surface area (TPSA) is 124 Å². The molecule has 1 aliphatic heterocycles. The summed E-state index contributed by atoms with van der Waals surface area (Å²) in [6.45, 7) is 0. The number of fused-ring (bicyclic) bond motifs is 3. The normalized spacial score (nSPS) is 12.9. The fourth-order valence-corrected chi connectivity index (χ4v) is 5.08. The molecule has 198 valence electrons. The third kappa shape index (κ3) is 4.10. The predicted octanol–water partition coefficient (Wildman–Crippen LogP) is 6.13. The van der Waals surface area contributed by atoms with Crippen molar-refractivity contribution < 1.29 is 18.4 Å². The number of amides is 2. The Morgan fingerprint density at radius 3 is 1.51 bits per heavy atom. The average Bonchev–Trinajstić information content (AvgIpc) is 3.21. The summed E-state index contributed by atoms with van der Waals surface area (Å²) >= 11 is 12.2. The maximum Gasteiger partial charge on any atom is 0.347 e. The summed E-state index contributed by atoms with van der Waals surface area (Å²) in [5, 5.41) is 1.16. The van der Waals surface area contributed by atoms with Crippen LogP contribution in [0.25, 0.3) is 44.7 Å². The Kier molecular flexibility index (Phi) is 5.60. The van der Waals surface area contributed by atoms with Crippen LogP contribution in [0.15, 0.2) is 97.3 Å². The molecule has 0 fully saturated rings. The van der Waals surface area contributed by atoms with Gasteiger partial charge in [0.1, 0.15) is 0 Å². The van der Waals surface area contributed by atoms with Crippen LogP contribution < -0.4 is 16.2 Å². The summed E-state index contributed by atoms with van der Waals surface area (Å²) in [5.74, 6) is -1.33. The van der Waals surface area contributed by atoms with Crippen molar-refractivity contribution in [2.24, 2.45) is 0 Å². The van der Waals surface area contributed by atoms with E-state index in [9.17, 15) is 19.2 Å². The maximum atomic E-state index is 13.3. The zero-order valence-electron chi connectivity index (χ0n) is 20.6. The number of benzene rings is 4. The van der Waals surface area contributed by atoms with Gasteiger partial charge in [0.15, 0.2) is 0 Å². The molecule has 0 N–H and O–H groups in total. The smallest absolute Gasteiger partial charge is 0.347 e. The molecule has 41 heavy (non-hydrogen) atoms. The maximum absolute atomic E-state index is 13.3. The zero-order chi connectivity index (χ0) is 28.4. The molecule has 0 aliphatic carbocycles. The number of rotatable bonds is 3. The van der Waals surface area contributed by atoms with Gasteiger partial charge in [0.25, 0.3) is 11.8 Å². The number of halogens is 2. The summed E-state index contributed by atoms with van der Waals surface area (Å²) in [7, 11) is 0. The Labute approximate surface area is 239 Å². The van der Waals surface area contributed by atoms with E-state index in [4.69, 9.17) is 32.0 Å². The quantitative estimate of drug-likeness (QED) is 0.228. The average molecular weight is 582 g/mol. The van der Waals surface area contributed by atoms with Crippen LogP contribution in [-0.2, 0) is 0 Å². The second-order valence-corrected chi connectivity index (χ2v) is 10.1. The Morgan fingerprint density at radius 1 is 0.585 bits per heavy atom. The van der Waals surface area contributed by atoms with E-state index >= 15 is 0 Å². The van der Waals surface area contributed by atoms with E-state index in [0.717, 1.165) is 4.90 Å². The zero-order valence-corrected chi connectivity index (χ0v) is 22.1. The van der Waals surface area contributed by atoms with Crippen LogP contribution in [0.2, 0.25) is 10.0 Å². The Bertz CT molecular complexity index is 2090. The van der Waals surface area contributed by atoms with E-state index in [1.807, 2.05) is 0 Å². The van der Waals surface area contributed by atoms with Gasteiger partial charge in [-0.2, -0.15) is 0 Å². The van der Waals surface area contributed by atoms with E-state index < -0.39 is 23.1 Å².